The number of anilines is 2. The van der Waals surface area contributed by atoms with Crippen molar-refractivity contribution in [2.75, 3.05) is 36.4 Å². The minimum atomic E-state index is -0.251. The van der Waals surface area contributed by atoms with E-state index in [2.05, 4.69) is 55.0 Å². The van der Waals surface area contributed by atoms with Crippen molar-refractivity contribution in [3.8, 4) is 11.1 Å². The zero-order valence-electron chi connectivity index (χ0n) is 16.8. The number of aromatic amines is 1. The summed E-state index contributed by atoms with van der Waals surface area (Å²) in [6.45, 7) is 4.08. The summed E-state index contributed by atoms with van der Waals surface area (Å²) in [5.74, 6) is -0.251. The molecule has 0 saturated carbocycles. The molecule has 1 aliphatic heterocycles. The first-order valence-electron chi connectivity index (χ1n) is 10.0. The van der Waals surface area contributed by atoms with Crippen molar-refractivity contribution in [3.63, 3.8) is 0 Å². The summed E-state index contributed by atoms with van der Waals surface area (Å²) in [5, 5.41) is 14.2. The van der Waals surface area contributed by atoms with E-state index >= 15 is 0 Å². The topological polar surface area (TPSA) is 85.9 Å². The van der Waals surface area contributed by atoms with Gasteiger partial charge in [-0.3, -0.25) is 14.9 Å². The highest BCUT2D eigenvalue weighted by atomic mass is 35.5. The van der Waals surface area contributed by atoms with Gasteiger partial charge in [-0.25, -0.2) is 0 Å². The predicted octanol–water partition coefficient (Wildman–Crippen LogP) is 3.71. The second-order valence-corrected chi connectivity index (χ2v) is 7.31. The Morgan fingerprint density at radius 1 is 0.935 bits per heavy atom. The number of carbonyl (C=O) groups excluding carboxylic acids is 1. The lowest BCUT2D eigenvalue weighted by Crippen LogP contribution is -2.43. The molecule has 1 fully saturated rings. The van der Waals surface area contributed by atoms with E-state index < -0.39 is 0 Å². The molecule has 0 aliphatic carbocycles. The highest BCUT2D eigenvalue weighted by Crippen LogP contribution is 2.28. The number of carbonyl (C=O) groups is 1. The average molecular weight is 435 g/mol. The summed E-state index contributed by atoms with van der Waals surface area (Å²) in [7, 11) is 0. The molecule has 3 heterocycles. The third-order valence-corrected chi connectivity index (χ3v) is 5.40. The van der Waals surface area contributed by atoms with Gasteiger partial charge in [0.1, 0.15) is 0 Å². The summed E-state index contributed by atoms with van der Waals surface area (Å²) in [6, 6.07) is 18.1. The van der Waals surface area contributed by atoms with Gasteiger partial charge in [0.15, 0.2) is 5.69 Å². The van der Waals surface area contributed by atoms with E-state index in [9.17, 15) is 4.79 Å². The van der Waals surface area contributed by atoms with Crippen molar-refractivity contribution in [3.05, 3.63) is 72.7 Å². The predicted molar refractivity (Wildman–Crippen MR) is 126 cm³/mol. The molecule has 4 aromatic rings. The van der Waals surface area contributed by atoms with Crippen LogP contribution in [0.5, 0.6) is 0 Å². The monoisotopic (exact) mass is 434 g/mol. The fourth-order valence-corrected chi connectivity index (χ4v) is 3.78. The second-order valence-electron chi connectivity index (χ2n) is 7.31. The maximum absolute atomic E-state index is 12.7. The van der Waals surface area contributed by atoms with Crippen LogP contribution in [0.2, 0.25) is 0 Å². The van der Waals surface area contributed by atoms with Crippen molar-refractivity contribution in [2.24, 2.45) is 0 Å². The SMILES string of the molecule is Cl.O=C(Nc1ccncc1)c1n[nH]c2ccc(-c3ccc(N4CCNCC4)cc3)cc12. The number of halogens is 1. The Labute approximate surface area is 186 Å². The minimum absolute atomic E-state index is 0. The molecular weight excluding hydrogens is 412 g/mol. The number of hydrogen-bond donors (Lipinski definition) is 3. The third kappa shape index (κ3) is 4.38. The smallest absolute Gasteiger partial charge is 0.276 e. The molecule has 158 valence electrons. The van der Waals surface area contributed by atoms with E-state index in [0.29, 0.717) is 11.4 Å². The lowest BCUT2D eigenvalue weighted by molar-refractivity contribution is 0.102. The molecule has 0 spiro atoms. The number of nitrogens with zero attached hydrogens (tertiary/aromatic N) is 3. The number of rotatable bonds is 4. The van der Waals surface area contributed by atoms with Gasteiger partial charge in [-0.05, 0) is 47.5 Å². The Balaban J connectivity index is 0.00000231. The Morgan fingerprint density at radius 3 is 2.39 bits per heavy atom. The van der Waals surface area contributed by atoms with Gasteiger partial charge in [0.25, 0.3) is 5.91 Å². The molecular formula is C23H23ClN6O. The van der Waals surface area contributed by atoms with Crippen LogP contribution in [0.25, 0.3) is 22.0 Å². The molecule has 0 bridgehead atoms. The first-order chi connectivity index (χ1) is 14.8. The zero-order valence-corrected chi connectivity index (χ0v) is 17.7. The fourth-order valence-electron chi connectivity index (χ4n) is 3.78. The molecule has 31 heavy (non-hydrogen) atoms. The number of piperazine rings is 1. The summed E-state index contributed by atoms with van der Waals surface area (Å²) in [4.78, 5) is 19.1. The largest absolute Gasteiger partial charge is 0.369 e. The second kappa shape index (κ2) is 9.16. The molecule has 3 N–H and O–H groups in total. The van der Waals surface area contributed by atoms with E-state index in [1.54, 1.807) is 24.5 Å². The van der Waals surface area contributed by atoms with Crippen molar-refractivity contribution < 1.29 is 4.79 Å². The van der Waals surface area contributed by atoms with Crippen molar-refractivity contribution in [1.29, 1.82) is 0 Å². The maximum Gasteiger partial charge on any atom is 0.276 e. The van der Waals surface area contributed by atoms with Crippen molar-refractivity contribution >= 4 is 40.6 Å². The number of pyridine rings is 1. The molecule has 5 rings (SSSR count). The molecule has 1 saturated heterocycles. The van der Waals surface area contributed by atoms with Crippen LogP contribution in [0.1, 0.15) is 10.5 Å². The molecule has 0 atom stereocenters. The van der Waals surface area contributed by atoms with Gasteiger partial charge in [-0.1, -0.05) is 18.2 Å². The molecule has 0 unspecified atom stereocenters. The van der Waals surface area contributed by atoms with Crippen LogP contribution in [0, 0.1) is 0 Å². The number of nitrogens with one attached hydrogen (secondary N) is 3. The lowest BCUT2D eigenvalue weighted by atomic mass is 10.0. The van der Waals surface area contributed by atoms with Crippen LogP contribution in [0.15, 0.2) is 67.0 Å². The van der Waals surface area contributed by atoms with Gasteiger partial charge in [0.2, 0.25) is 0 Å². The number of hydrogen-bond acceptors (Lipinski definition) is 5. The number of H-pyrrole nitrogens is 1. The van der Waals surface area contributed by atoms with E-state index in [0.717, 1.165) is 48.2 Å². The fraction of sp³-hybridized carbons (Fsp3) is 0.174. The molecule has 1 aliphatic rings. The van der Waals surface area contributed by atoms with E-state index in [4.69, 9.17) is 0 Å². The highest BCUT2D eigenvalue weighted by Gasteiger charge is 2.16. The maximum atomic E-state index is 12.7. The lowest BCUT2D eigenvalue weighted by Gasteiger charge is -2.29. The summed E-state index contributed by atoms with van der Waals surface area (Å²) < 4.78 is 0. The Bertz CT molecular complexity index is 1170. The van der Waals surface area contributed by atoms with Gasteiger partial charge in [-0.2, -0.15) is 5.10 Å². The van der Waals surface area contributed by atoms with E-state index in [1.165, 1.54) is 5.69 Å². The Hall–Kier alpha value is -3.42. The van der Waals surface area contributed by atoms with Crippen LogP contribution in [0.4, 0.5) is 11.4 Å². The van der Waals surface area contributed by atoms with Gasteiger partial charge < -0.3 is 15.5 Å². The quantitative estimate of drug-likeness (QED) is 0.456. The number of fused-ring (bicyclic) bond motifs is 1. The third-order valence-electron chi connectivity index (χ3n) is 5.40. The molecule has 1 amide bonds. The van der Waals surface area contributed by atoms with Gasteiger partial charge in [-0.15, -0.1) is 12.4 Å². The van der Waals surface area contributed by atoms with Gasteiger partial charge in [0.05, 0.1) is 5.52 Å². The van der Waals surface area contributed by atoms with Gasteiger partial charge >= 0.3 is 0 Å². The van der Waals surface area contributed by atoms with Crippen LogP contribution in [0.3, 0.4) is 0 Å². The zero-order chi connectivity index (χ0) is 20.3. The molecule has 2 aromatic carbocycles. The first kappa shape index (κ1) is 20.8. The highest BCUT2D eigenvalue weighted by molar-refractivity contribution is 6.11. The summed E-state index contributed by atoms with van der Waals surface area (Å²) >= 11 is 0. The summed E-state index contributed by atoms with van der Waals surface area (Å²) in [5.41, 5.74) is 5.29. The van der Waals surface area contributed by atoms with Crippen LogP contribution < -0.4 is 15.5 Å². The van der Waals surface area contributed by atoms with Gasteiger partial charge in [0, 0.05) is 55.3 Å². The summed E-state index contributed by atoms with van der Waals surface area (Å²) in [6.07, 6.45) is 3.28. The minimum Gasteiger partial charge on any atom is -0.369 e. The van der Waals surface area contributed by atoms with Crippen molar-refractivity contribution in [1.82, 2.24) is 20.5 Å². The molecule has 2 aromatic heterocycles. The Kier molecular flexibility index (Phi) is 6.16. The van der Waals surface area contributed by atoms with Crippen LogP contribution >= 0.6 is 12.4 Å². The van der Waals surface area contributed by atoms with Crippen molar-refractivity contribution in [2.45, 2.75) is 0 Å². The Morgan fingerprint density at radius 2 is 1.65 bits per heavy atom. The molecule has 7 nitrogen and oxygen atoms in total. The first-order valence-corrected chi connectivity index (χ1v) is 10.0. The molecule has 0 radical (unpaired) electrons. The standard InChI is InChI=1S/C23H22N6O.ClH/c30-23(26-18-7-9-24-10-8-18)22-20-15-17(3-6-21(20)27-28-22)16-1-4-19(5-2-16)29-13-11-25-12-14-29;/h1-10,15,25H,11-14H2,(H,27,28)(H,24,26,30);1H. The van der Waals surface area contributed by atoms with Crippen LogP contribution in [-0.4, -0.2) is 47.3 Å². The average Bonchev–Trinajstić information content (AvgIpc) is 3.24. The van der Waals surface area contributed by atoms with E-state index in [-0.39, 0.29) is 18.3 Å². The number of amides is 1. The number of benzene rings is 2. The van der Waals surface area contributed by atoms with Crippen LogP contribution in [-0.2, 0) is 0 Å². The normalized spacial score (nSPS) is 13.6. The molecule has 8 heteroatoms. The van der Waals surface area contributed by atoms with E-state index in [1.807, 2.05) is 18.2 Å². The number of aromatic nitrogens is 3.